The average Bonchev–Trinajstić information content (AvgIpc) is 2.54. The molecular weight excluding hydrogens is 280 g/mol. The van der Waals surface area contributed by atoms with E-state index < -0.39 is 0 Å². The molecule has 2 aromatic rings. The molecule has 0 bridgehead atoms. The second-order valence-corrected chi connectivity index (χ2v) is 5.49. The van der Waals surface area contributed by atoms with Crippen molar-refractivity contribution in [1.82, 2.24) is 15.7 Å². The van der Waals surface area contributed by atoms with Crippen LogP contribution in [-0.2, 0) is 6.42 Å². The summed E-state index contributed by atoms with van der Waals surface area (Å²) in [6, 6.07) is 14.5. The zero-order chi connectivity index (χ0) is 14.5. The minimum absolute atomic E-state index is 0.278. The summed E-state index contributed by atoms with van der Waals surface area (Å²) in [5.74, 6) is 0.741. The van der Waals surface area contributed by atoms with Crippen molar-refractivity contribution >= 4 is 23.1 Å². The molecule has 1 aliphatic rings. The van der Waals surface area contributed by atoms with E-state index in [2.05, 4.69) is 45.4 Å². The van der Waals surface area contributed by atoms with Gasteiger partial charge in [-0.1, -0.05) is 30.3 Å². The molecule has 0 fully saturated rings. The Kier molecular flexibility index (Phi) is 4.31. The monoisotopic (exact) mass is 298 g/mol. The van der Waals surface area contributed by atoms with E-state index in [0.29, 0.717) is 5.11 Å². The third kappa shape index (κ3) is 3.49. The third-order valence-electron chi connectivity index (χ3n) is 3.64. The fourth-order valence-electron chi connectivity index (χ4n) is 2.66. The summed E-state index contributed by atoms with van der Waals surface area (Å²) < 4.78 is 0. The Morgan fingerprint density at radius 1 is 1.14 bits per heavy atom. The molecule has 0 unspecified atom stereocenters. The summed E-state index contributed by atoms with van der Waals surface area (Å²) in [7, 11) is 0. The lowest BCUT2D eigenvalue weighted by atomic mass is 9.88. The molecule has 108 valence electrons. The first kappa shape index (κ1) is 13.8. The van der Waals surface area contributed by atoms with Gasteiger partial charge in [-0.2, -0.15) is 0 Å². The lowest BCUT2D eigenvalue weighted by molar-refractivity contribution is 0.525. The molecule has 4 nitrogen and oxygen atoms in total. The fourth-order valence-corrected chi connectivity index (χ4v) is 2.85. The SMILES string of the molecule is S=C(NNc1ccccn1)N[C@@H]1CCCc2ccccc21. The number of benzene rings is 1. The van der Waals surface area contributed by atoms with E-state index in [0.717, 1.165) is 18.7 Å². The minimum atomic E-state index is 0.278. The molecule has 0 saturated heterocycles. The molecule has 5 heteroatoms. The fraction of sp³-hybridized carbons (Fsp3) is 0.250. The second-order valence-electron chi connectivity index (χ2n) is 5.08. The predicted molar refractivity (Wildman–Crippen MR) is 88.9 cm³/mol. The maximum Gasteiger partial charge on any atom is 0.185 e. The first-order valence-electron chi connectivity index (χ1n) is 7.14. The van der Waals surface area contributed by atoms with Crippen LogP contribution in [0.25, 0.3) is 0 Å². The van der Waals surface area contributed by atoms with Crippen LogP contribution in [0.5, 0.6) is 0 Å². The molecule has 1 aromatic carbocycles. The molecule has 21 heavy (non-hydrogen) atoms. The van der Waals surface area contributed by atoms with Gasteiger partial charge in [0.05, 0.1) is 6.04 Å². The standard InChI is InChI=1S/C16H18N4S/c21-16(20-19-15-10-3-4-11-17-15)18-14-9-5-7-12-6-1-2-8-13(12)14/h1-4,6,8,10-11,14H,5,7,9H2,(H,17,19)(H2,18,20,21)/t14-/m1/s1. The maximum atomic E-state index is 5.35. The number of hydrogen-bond donors (Lipinski definition) is 3. The van der Waals surface area contributed by atoms with Crippen LogP contribution >= 0.6 is 12.2 Å². The number of aromatic nitrogens is 1. The highest BCUT2D eigenvalue weighted by atomic mass is 32.1. The lowest BCUT2D eigenvalue weighted by Crippen LogP contribution is -2.41. The first-order chi connectivity index (χ1) is 10.3. The number of rotatable bonds is 3. The Morgan fingerprint density at radius 3 is 2.86 bits per heavy atom. The normalized spacial score (nSPS) is 16.7. The number of hydrogen-bond acceptors (Lipinski definition) is 3. The Balaban J connectivity index is 1.58. The van der Waals surface area contributed by atoms with Gasteiger partial charge < -0.3 is 5.32 Å². The average molecular weight is 298 g/mol. The third-order valence-corrected chi connectivity index (χ3v) is 3.86. The van der Waals surface area contributed by atoms with Crippen LogP contribution in [0, 0.1) is 0 Å². The molecule has 0 spiro atoms. The van der Waals surface area contributed by atoms with Crippen molar-refractivity contribution < 1.29 is 0 Å². The Hall–Kier alpha value is -2.14. The molecule has 3 N–H and O–H groups in total. The van der Waals surface area contributed by atoms with Gasteiger partial charge in [0, 0.05) is 6.20 Å². The zero-order valence-corrected chi connectivity index (χ0v) is 12.5. The van der Waals surface area contributed by atoms with Crippen LogP contribution < -0.4 is 16.2 Å². The van der Waals surface area contributed by atoms with Gasteiger partial charge in [0.15, 0.2) is 5.11 Å². The summed E-state index contributed by atoms with van der Waals surface area (Å²) >= 11 is 5.35. The number of hydrazine groups is 1. The van der Waals surface area contributed by atoms with E-state index in [1.54, 1.807) is 6.20 Å². The van der Waals surface area contributed by atoms with Gasteiger partial charge in [-0.15, -0.1) is 0 Å². The summed E-state index contributed by atoms with van der Waals surface area (Å²) in [4.78, 5) is 4.17. The number of nitrogens with one attached hydrogen (secondary N) is 3. The van der Waals surface area contributed by atoms with E-state index in [9.17, 15) is 0 Å². The van der Waals surface area contributed by atoms with Gasteiger partial charge in [-0.3, -0.25) is 10.9 Å². The molecule has 1 aromatic heterocycles. The van der Waals surface area contributed by atoms with Crippen molar-refractivity contribution in [1.29, 1.82) is 0 Å². The number of aryl methyl sites for hydroxylation is 1. The predicted octanol–water partition coefficient (Wildman–Crippen LogP) is 2.95. The van der Waals surface area contributed by atoms with Gasteiger partial charge >= 0.3 is 0 Å². The topological polar surface area (TPSA) is 49.0 Å². The van der Waals surface area contributed by atoms with Crippen LogP contribution in [0.4, 0.5) is 5.82 Å². The highest BCUT2D eigenvalue weighted by molar-refractivity contribution is 7.80. The van der Waals surface area contributed by atoms with Gasteiger partial charge in [-0.25, -0.2) is 4.98 Å². The van der Waals surface area contributed by atoms with Crippen molar-refractivity contribution in [3.05, 3.63) is 59.8 Å². The number of pyridine rings is 1. The van der Waals surface area contributed by atoms with Crippen molar-refractivity contribution in [2.24, 2.45) is 0 Å². The quantitative estimate of drug-likeness (QED) is 0.601. The molecule has 1 heterocycles. The largest absolute Gasteiger partial charge is 0.355 e. The van der Waals surface area contributed by atoms with Gasteiger partial charge in [0.1, 0.15) is 5.82 Å². The number of anilines is 1. The lowest BCUT2D eigenvalue weighted by Gasteiger charge is -2.27. The first-order valence-corrected chi connectivity index (χ1v) is 7.55. The van der Waals surface area contributed by atoms with Crippen molar-refractivity contribution in [2.45, 2.75) is 25.3 Å². The highest BCUT2D eigenvalue weighted by Crippen LogP contribution is 2.29. The summed E-state index contributed by atoms with van der Waals surface area (Å²) in [6.07, 6.45) is 5.17. The molecule has 1 aliphatic carbocycles. The van der Waals surface area contributed by atoms with Gasteiger partial charge in [0.2, 0.25) is 0 Å². The van der Waals surface area contributed by atoms with Crippen molar-refractivity contribution in [2.75, 3.05) is 5.43 Å². The van der Waals surface area contributed by atoms with E-state index in [4.69, 9.17) is 12.2 Å². The van der Waals surface area contributed by atoms with E-state index >= 15 is 0 Å². The van der Waals surface area contributed by atoms with Crippen molar-refractivity contribution in [3.63, 3.8) is 0 Å². The molecule has 0 radical (unpaired) electrons. The van der Waals surface area contributed by atoms with Crippen LogP contribution in [0.3, 0.4) is 0 Å². The smallest absolute Gasteiger partial charge is 0.185 e. The molecule has 0 aliphatic heterocycles. The van der Waals surface area contributed by atoms with Gasteiger partial charge in [-0.05, 0) is 54.7 Å². The minimum Gasteiger partial charge on any atom is -0.355 e. The number of fused-ring (bicyclic) bond motifs is 1. The Morgan fingerprint density at radius 2 is 2.00 bits per heavy atom. The van der Waals surface area contributed by atoms with E-state index in [1.807, 2.05) is 18.2 Å². The number of thiocarbonyl (C=S) groups is 1. The van der Waals surface area contributed by atoms with Crippen LogP contribution in [0.15, 0.2) is 48.7 Å². The molecule has 0 saturated carbocycles. The summed E-state index contributed by atoms with van der Waals surface area (Å²) in [5.41, 5.74) is 8.75. The number of nitrogens with zero attached hydrogens (tertiary/aromatic N) is 1. The summed E-state index contributed by atoms with van der Waals surface area (Å²) in [5, 5.41) is 3.96. The summed E-state index contributed by atoms with van der Waals surface area (Å²) in [6.45, 7) is 0. The molecule has 0 amide bonds. The van der Waals surface area contributed by atoms with Crippen LogP contribution in [0.1, 0.15) is 30.0 Å². The molecule has 3 rings (SSSR count). The molecule has 1 atom stereocenters. The Bertz CT molecular complexity index is 615. The molecular formula is C16H18N4S. The zero-order valence-electron chi connectivity index (χ0n) is 11.7. The second kappa shape index (κ2) is 6.54. The van der Waals surface area contributed by atoms with Crippen LogP contribution in [-0.4, -0.2) is 10.1 Å². The van der Waals surface area contributed by atoms with Gasteiger partial charge in [0.25, 0.3) is 0 Å². The highest BCUT2D eigenvalue weighted by Gasteiger charge is 2.19. The Labute approximate surface area is 130 Å². The van der Waals surface area contributed by atoms with Crippen LogP contribution in [0.2, 0.25) is 0 Å². The van der Waals surface area contributed by atoms with E-state index in [-0.39, 0.29) is 6.04 Å². The van der Waals surface area contributed by atoms with E-state index in [1.165, 1.54) is 17.5 Å². The van der Waals surface area contributed by atoms with Crippen molar-refractivity contribution in [3.8, 4) is 0 Å². The maximum absolute atomic E-state index is 5.35.